The van der Waals surface area contributed by atoms with E-state index < -0.39 is 0 Å². The summed E-state index contributed by atoms with van der Waals surface area (Å²) in [5.74, 6) is 1.81. The van der Waals surface area contributed by atoms with Crippen molar-refractivity contribution in [3.63, 3.8) is 0 Å². The Labute approximate surface area is 114 Å². The van der Waals surface area contributed by atoms with Crippen LogP contribution >= 0.6 is 11.6 Å². The normalized spacial score (nSPS) is 37.3. The maximum Gasteiger partial charge on any atom is 0.193 e. The third-order valence-electron chi connectivity index (χ3n) is 5.38. The second-order valence-corrected chi connectivity index (χ2v) is 7.31. The van der Waals surface area contributed by atoms with Crippen LogP contribution in [-0.4, -0.2) is 6.04 Å². The molecular weight excluding hydrogens is 246 g/mol. The highest BCUT2D eigenvalue weighted by molar-refractivity contribution is 6.28. The Morgan fingerprint density at radius 1 is 1.39 bits per heavy atom. The molecule has 0 aromatic carbocycles. The van der Waals surface area contributed by atoms with E-state index in [2.05, 4.69) is 26.1 Å². The lowest BCUT2D eigenvalue weighted by atomic mass is 9.68. The average Bonchev–Trinajstić information content (AvgIpc) is 2.89. The van der Waals surface area contributed by atoms with E-state index in [9.17, 15) is 0 Å². The van der Waals surface area contributed by atoms with Crippen LogP contribution in [0.1, 0.15) is 45.8 Å². The molecule has 100 valence electrons. The van der Waals surface area contributed by atoms with Crippen molar-refractivity contribution >= 4 is 11.6 Å². The van der Waals surface area contributed by atoms with Crippen LogP contribution in [0.2, 0.25) is 5.22 Å². The summed E-state index contributed by atoms with van der Waals surface area (Å²) in [4.78, 5) is 0. The highest BCUT2D eigenvalue weighted by Crippen LogP contribution is 2.62. The quantitative estimate of drug-likeness (QED) is 0.886. The topological polar surface area (TPSA) is 25.2 Å². The summed E-state index contributed by atoms with van der Waals surface area (Å²) in [7, 11) is 0. The summed E-state index contributed by atoms with van der Waals surface area (Å²) >= 11 is 5.81. The third kappa shape index (κ3) is 1.81. The number of furan rings is 1. The molecule has 18 heavy (non-hydrogen) atoms. The van der Waals surface area contributed by atoms with E-state index in [1.54, 1.807) is 0 Å². The van der Waals surface area contributed by atoms with E-state index in [0.717, 1.165) is 18.2 Å². The molecule has 3 unspecified atom stereocenters. The molecule has 0 saturated heterocycles. The molecule has 0 amide bonds. The lowest BCUT2D eigenvalue weighted by Gasteiger charge is -2.43. The molecule has 0 radical (unpaired) electrons. The van der Waals surface area contributed by atoms with Crippen molar-refractivity contribution in [2.75, 3.05) is 0 Å². The lowest BCUT2D eigenvalue weighted by Crippen LogP contribution is -2.49. The highest BCUT2D eigenvalue weighted by atomic mass is 35.5. The van der Waals surface area contributed by atoms with Gasteiger partial charge >= 0.3 is 0 Å². The van der Waals surface area contributed by atoms with E-state index in [-0.39, 0.29) is 0 Å². The molecule has 2 fully saturated rings. The third-order valence-corrected chi connectivity index (χ3v) is 5.58. The van der Waals surface area contributed by atoms with Crippen LogP contribution in [0.5, 0.6) is 0 Å². The van der Waals surface area contributed by atoms with Gasteiger partial charge in [-0.25, -0.2) is 0 Å². The van der Waals surface area contributed by atoms with E-state index in [1.807, 2.05) is 12.1 Å². The van der Waals surface area contributed by atoms with Gasteiger partial charge in [0.2, 0.25) is 0 Å². The molecule has 2 aliphatic carbocycles. The molecule has 3 atom stereocenters. The standard InChI is InChI=1S/C15H22ClNO/c1-14(2)10-6-7-15(3,8-10)13(14)17-9-11-4-5-12(16)18-11/h4-5,10,13,17H,6-9H2,1-3H3. The van der Waals surface area contributed by atoms with Gasteiger partial charge in [-0.3, -0.25) is 0 Å². The monoisotopic (exact) mass is 267 g/mol. The Morgan fingerprint density at radius 3 is 2.72 bits per heavy atom. The fourth-order valence-corrected chi connectivity index (χ4v) is 4.62. The van der Waals surface area contributed by atoms with E-state index >= 15 is 0 Å². The molecule has 1 aromatic rings. The zero-order chi connectivity index (χ0) is 13.0. The van der Waals surface area contributed by atoms with Crippen LogP contribution in [-0.2, 0) is 6.54 Å². The number of halogens is 1. The zero-order valence-corrected chi connectivity index (χ0v) is 12.2. The van der Waals surface area contributed by atoms with Gasteiger partial charge in [0.1, 0.15) is 5.76 Å². The number of rotatable bonds is 3. The van der Waals surface area contributed by atoms with Crippen molar-refractivity contribution in [2.45, 2.75) is 52.6 Å². The number of hydrogen-bond donors (Lipinski definition) is 1. The van der Waals surface area contributed by atoms with E-state index in [1.165, 1.54) is 19.3 Å². The Hall–Kier alpha value is -0.470. The summed E-state index contributed by atoms with van der Waals surface area (Å²) in [6.07, 6.45) is 4.13. The molecule has 2 aliphatic rings. The van der Waals surface area contributed by atoms with Crippen molar-refractivity contribution in [3.8, 4) is 0 Å². The Kier molecular flexibility index (Phi) is 2.80. The fraction of sp³-hybridized carbons (Fsp3) is 0.733. The molecule has 0 aliphatic heterocycles. The Balaban J connectivity index is 1.72. The van der Waals surface area contributed by atoms with Gasteiger partial charge in [-0.2, -0.15) is 0 Å². The molecule has 2 saturated carbocycles. The van der Waals surface area contributed by atoms with Crippen molar-refractivity contribution in [2.24, 2.45) is 16.7 Å². The molecule has 0 spiro atoms. The first-order valence-corrected chi connectivity index (χ1v) is 7.27. The lowest BCUT2D eigenvalue weighted by molar-refractivity contribution is 0.106. The summed E-state index contributed by atoms with van der Waals surface area (Å²) < 4.78 is 5.43. The molecule has 1 aromatic heterocycles. The van der Waals surface area contributed by atoms with Crippen LogP contribution in [0.3, 0.4) is 0 Å². The largest absolute Gasteiger partial charge is 0.448 e. The van der Waals surface area contributed by atoms with E-state index in [4.69, 9.17) is 16.0 Å². The number of hydrogen-bond acceptors (Lipinski definition) is 2. The minimum absolute atomic E-state index is 0.392. The van der Waals surface area contributed by atoms with Crippen molar-refractivity contribution in [3.05, 3.63) is 23.1 Å². The first kappa shape index (κ1) is 12.6. The predicted octanol–water partition coefficient (Wildman–Crippen LogP) is 4.24. The maximum atomic E-state index is 5.81. The smallest absolute Gasteiger partial charge is 0.193 e. The molecular formula is C15H22ClNO. The zero-order valence-electron chi connectivity index (χ0n) is 11.4. The first-order valence-electron chi connectivity index (χ1n) is 6.89. The van der Waals surface area contributed by atoms with Crippen LogP contribution in [0.4, 0.5) is 0 Å². The summed E-state index contributed by atoms with van der Waals surface area (Å²) in [5.41, 5.74) is 0.855. The van der Waals surface area contributed by atoms with E-state index in [0.29, 0.717) is 22.1 Å². The van der Waals surface area contributed by atoms with Crippen molar-refractivity contribution in [1.29, 1.82) is 0 Å². The van der Waals surface area contributed by atoms with Crippen LogP contribution in [0.15, 0.2) is 16.5 Å². The summed E-state index contributed by atoms with van der Waals surface area (Å²) in [6.45, 7) is 8.04. The average molecular weight is 268 g/mol. The molecule has 2 nitrogen and oxygen atoms in total. The summed E-state index contributed by atoms with van der Waals surface area (Å²) in [6, 6.07) is 4.34. The minimum Gasteiger partial charge on any atom is -0.448 e. The van der Waals surface area contributed by atoms with Crippen LogP contribution in [0, 0.1) is 16.7 Å². The fourth-order valence-electron chi connectivity index (χ4n) is 4.46. The second kappa shape index (κ2) is 4.01. The number of fused-ring (bicyclic) bond motifs is 2. The minimum atomic E-state index is 0.392. The van der Waals surface area contributed by atoms with Gasteiger partial charge in [-0.1, -0.05) is 20.8 Å². The van der Waals surface area contributed by atoms with Crippen molar-refractivity contribution < 1.29 is 4.42 Å². The van der Waals surface area contributed by atoms with Gasteiger partial charge in [-0.05, 0) is 59.7 Å². The van der Waals surface area contributed by atoms with Gasteiger partial charge < -0.3 is 9.73 Å². The molecule has 3 rings (SSSR count). The predicted molar refractivity (Wildman–Crippen MR) is 73.6 cm³/mol. The molecule has 3 heteroatoms. The van der Waals surface area contributed by atoms with Crippen LogP contribution < -0.4 is 5.32 Å². The molecule has 1 N–H and O–H groups in total. The Morgan fingerprint density at radius 2 is 2.17 bits per heavy atom. The van der Waals surface area contributed by atoms with Gasteiger partial charge in [0.25, 0.3) is 0 Å². The van der Waals surface area contributed by atoms with Crippen molar-refractivity contribution in [1.82, 2.24) is 5.32 Å². The maximum absolute atomic E-state index is 5.81. The van der Waals surface area contributed by atoms with Crippen LogP contribution in [0.25, 0.3) is 0 Å². The molecule has 2 bridgehead atoms. The second-order valence-electron chi connectivity index (χ2n) is 6.93. The van der Waals surface area contributed by atoms with Gasteiger partial charge in [0.05, 0.1) is 6.54 Å². The highest BCUT2D eigenvalue weighted by Gasteiger charge is 2.58. The number of nitrogens with one attached hydrogen (secondary N) is 1. The van der Waals surface area contributed by atoms with Gasteiger partial charge in [-0.15, -0.1) is 0 Å². The Bertz CT molecular complexity index is 448. The summed E-state index contributed by atoms with van der Waals surface area (Å²) in [5, 5.41) is 4.20. The molecule has 1 heterocycles. The van der Waals surface area contributed by atoms with Gasteiger partial charge in [0, 0.05) is 6.04 Å². The van der Waals surface area contributed by atoms with Gasteiger partial charge in [0.15, 0.2) is 5.22 Å². The first-order chi connectivity index (χ1) is 8.42. The SMILES string of the molecule is CC12CCC(C1)C(C)(C)C2NCc1ccc(Cl)o1.